The molecule has 11 nitrogen and oxygen atoms in total. The number of hydrogen-bond donors (Lipinski definition) is 4. The highest BCUT2D eigenvalue weighted by Crippen LogP contribution is 2.30. The summed E-state index contributed by atoms with van der Waals surface area (Å²) in [6.07, 6.45) is 1.71. The van der Waals surface area contributed by atoms with Gasteiger partial charge in [-0.1, -0.05) is 0 Å². The molecule has 4 heterocycles. The van der Waals surface area contributed by atoms with Crippen molar-refractivity contribution in [1.82, 2.24) is 25.1 Å². The summed E-state index contributed by atoms with van der Waals surface area (Å²) in [7, 11) is 2.14. The maximum Gasteiger partial charge on any atom is 0.271 e. The van der Waals surface area contributed by atoms with Crippen LogP contribution in [0.1, 0.15) is 29.0 Å². The van der Waals surface area contributed by atoms with E-state index in [0.29, 0.717) is 36.2 Å². The Morgan fingerprint density at radius 2 is 1.81 bits per heavy atom. The van der Waals surface area contributed by atoms with Gasteiger partial charge >= 0.3 is 0 Å². The summed E-state index contributed by atoms with van der Waals surface area (Å²) < 4.78 is 5.49. The number of aromatic nitrogens is 4. The van der Waals surface area contributed by atoms with E-state index in [0.717, 1.165) is 50.4 Å². The van der Waals surface area contributed by atoms with Crippen LogP contribution >= 0.6 is 0 Å². The average molecular weight is 492 g/mol. The first kappa shape index (κ1) is 24.0. The third kappa shape index (κ3) is 5.42. The second-order valence-corrected chi connectivity index (χ2v) is 9.41. The second-order valence-electron chi connectivity index (χ2n) is 9.41. The summed E-state index contributed by atoms with van der Waals surface area (Å²) in [5.41, 5.74) is 9.72. The molecule has 2 saturated heterocycles. The molecule has 0 bridgehead atoms. The zero-order valence-electron chi connectivity index (χ0n) is 20.8. The van der Waals surface area contributed by atoms with Gasteiger partial charge in [-0.15, -0.1) is 0 Å². The number of anilines is 4. The van der Waals surface area contributed by atoms with Gasteiger partial charge in [-0.05, 0) is 57.1 Å². The van der Waals surface area contributed by atoms with Crippen LogP contribution in [0.4, 0.5) is 23.0 Å². The van der Waals surface area contributed by atoms with Gasteiger partial charge in [-0.25, -0.2) is 9.97 Å². The van der Waals surface area contributed by atoms with Crippen molar-refractivity contribution in [2.75, 3.05) is 62.0 Å². The van der Waals surface area contributed by atoms with Crippen LogP contribution in [0.5, 0.6) is 0 Å². The molecule has 190 valence electrons. The van der Waals surface area contributed by atoms with Gasteiger partial charge in [0.05, 0.1) is 0 Å². The second kappa shape index (κ2) is 10.5. The van der Waals surface area contributed by atoms with E-state index in [9.17, 15) is 4.79 Å². The first-order chi connectivity index (χ1) is 17.5. The third-order valence-electron chi connectivity index (χ3n) is 6.64. The Kier molecular flexibility index (Phi) is 7.01. The zero-order valence-corrected chi connectivity index (χ0v) is 20.8. The number of amides is 1. The Morgan fingerprint density at radius 3 is 2.44 bits per heavy atom. The van der Waals surface area contributed by atoms with E-state index in [1.807, 2.05) is 25.1 Å². The summed E-state index contributed by atoms with van der Waals surface area (Å²) in [4.78, 5) is 26.5. The van der Waals surface area contributed by atoms with E-state index in [1.54, 1.807) is 0 Å². The van der Waals surface area contributed by atoms with E-state index in [1.165, 1.54) is 5.69 Å². The Balaban J connectivity index is 1.44. The van der Waals surface area contributed by atoms with Crippen molar-refractivity contribution >= 4 is 28.9 Å². The molecule has 0 saturated carbocycles. The van der Waals surface area contributed by atoms with Gasteiger partial charge in [-0.3, -0.25) is 9.89 Å². The Labute approximate surface area is 210 Å². The van der Waals surface area contributed by atoms with Crippen molar-refractivity contribution in [2.45, 2.75) is 25.8 Å². The highest BCUT2D eigenvalue weighted by Gasteiger charge is 2.23. The quantitative estimate of drug-likeness (QED) is 0.392. The Bertz CT molecular complexity index is 1200. The van der Waals surface area contributed by atoms with E-state index in [-0.39, 0.29) is 11.7 Å². The predicted molar refractivity (Wildman–Crippen MR) is 140 cm³/mol. The van der Waals surface area contributed by atoms with Crippen LogP contribution in [0, 0.1) is 6.92 Å². The molecule has 2 fully saturated rings. The number of carbonyl (C=O) groups is 1. The number of aromatic amines is 1. The lowest BCUT2D eigenvalue weighted by Crippen LogP contribution is -2.44. The minimum absolute atomic E-state index is 0.0614. The fourth-order valence-corrected chi connectivity index (χ4v) is 4.51. The molecule has 5 N–H and O–H groups in total. The minimum atomic E-state index is -0.662. The zero-order chi connectivity index (χ0) is 25.1. The first-order valence-electron chi connectivity index (χ1n) is 12.4. The predicted octanol–water partition coefficient (Wildman–Crippen LogP) is 2.36. The van der Waals surface area contributed by atoms with E-state index in [2.05, 4.69) is 54.8 Å². The summed E-state index contributed by atoms with van der Waals surface area (Å²) in [6.45, 7) is 7.36. The van der Waals surface area contributed by atoms with Gasteiger partial charge < -0.3 is 30.9 Å². The molecule has 2 aromatic heterocycles. The molecule has 1 amide bonds. The van der Waals surface area contributed by atoms with Crippen LogP contribution in [0.3, 0.4) is 0 Å². The van der Waals surface area contributed by atoms with Gasteiger partial charge in [0, 0.05) is 62.5 Å². The molecule has 36 heavy (non-hydrogen) atoms. The Morgan fingerprint density at radius 1 is 1.08 bits per heavy atom. The van der Waals surface area contributed by atoms with Crippen molar-refractivity contribution in [3.8, 4) is 11.4 Å². The molecule has 5 rings (SSSR count). The van der Waals surface area contributed by atoms with Crippen LogP contribution < -0.4 is 21.3 Å². The Hall–Kier alpha value is -3.70. The number of H-pyrrole nitrogens is 1. The number of ether oxygens (including phenoxy) is 1. The van der Waals surface area contributed by atoms with Gasteiger partial charge in [0.25, 0.3) is 5.91 Å². The smallest absolute Gasteiger partial charge is 0.271 e. The highest BCUT2D eigenvalue weighted by atomic mass is 16.5. The number of likely N-dealkylation sites (N-methyl/N-ethyl adjacent to an activating group) is 1. The van der Waals surface area contributed by atoms with Crippen molar-refractivity contribution in [3.05, 3.63) is 41.7 Å². The normalized spacial score (nSPS) is 17.2. The van der Waals surface area contributed by atoms with E-state index < -0.39 is 5.91 Å². The molecule has 3 aromatic rings. The van der Waals surface area contributed by atoms with Crippen molar-refractivity contribution in [2.24, 2.45) is 5.73 Å². The summed E-state index contributed by atoms with van der Waals surface area (Å²) in [6, 6.07) is 10.2. The number of nitrogens with two attached hydrogens (primary N) is 1. The largest absolute Gasteiger partial charge is 0.381 e. The molecule has 0 radical (unpaired) electrons. The molecule has 11 heteroatoms. The standard InChI is InChI=1S/C25H33N9O2/c1-16-15-20(32-31-16)21-24(28-18-7-13-36-14-8-18)30-25(22(29-21)23(26)35)27-17-3-5-19(6-4-17)34-11-9-33(2)10-12-34/h3-6,15,18H,7-14H2,1-2H3,(H2,26,35)(H,31,32)(H2,27,28,30). The SMILES string of the molecule is Cc1cc(-c2nc(C(N)=O)c(Nc3ccc(N4CCN(C)CC4)cc3)nc2NC2CCOCC2)n[nH]1. The number of piperazine rings is 1. The van der Waals surface area contributed by atoms with Crippen LogP contribution in [-0.4, -0.2) is 83.5 Å². The van der Waals surface area contributed by atoms with Gasteiger partial charge in [0.2, 0.25) is 0 Å². The van der Waals surface area contributed by atoms with Crippen molar-refractivity contribution in [1.29, 1.82) is 0 Å². The monoisotopic (exact) mass is 491 g/mol. The maximum absolute atomic E-state index is 12.4. The van der Waals surface area contributed by atoms with Crippen LogP contribution in [0.25, 0.3) is 11.4 Å². The fraction of sp³-hybridized carbons (Fsp3) is 0.440. The summed E-state index contributed by atoms with van der Waals surface area (Å²) in [5, 5.41) is 14.0. The van der Waals surface area contributed by atoms with Gasteiger partial charge in [0.1, 0.15) is 11.4 Å². The topological polar surface area (TPSA) is 137 Å². The molecule has 0 aliphatic carbocycles. The molecule has 0 unspecified atom stereocenters. The number of nitrogens with zero attached hydrogens (tertiary/aromatic N) is 5. The van der Waals surface area contributed by atoms with Gasteiger partial charge in [-0.2, -0.15) is 5.10 Å². The molecule has 0 atom stereocenters. The number of aryl methyl sites for hydroxylation is 1. The van der Waals surface area contributed by atoms with Crippen LogP contribution in [-0.2, 0) is 4.74 Å². The number of nitrogens with one attached hydrogen (secondary N) is 3. The summed E-state index contributed by atoms with van der Waals surface area (Å²) in [5.74, 6) is 0.195. The van der Waals surface area contributed by atoms with E-state index >= 15 is 0 Å². The van der Waals surface area contributed by atoms with Crippen molar-refractivity contribution in [3.63, 3.8) is 0 Å². The number of benzene rings is 1. The minimum Gasteiger partial charge on any atom is -0.381 e. The molecule has 1 aromatic carbocycles. The fourth-order valence-electron chi connectivity index (χ4n) is 4.51. The maximum atomic E-state index is 12.4. The van der Waals surface area contributed by atoms with Gasteiger partial charge in [0.15, 0.2) is 17.3 Å². The number of rotatable bonds is 7. The highest BCUT2D eigenvalue weighted by molar-refractivity contribution is 5.97. The van der Waals surface area contributed by atoms with Crippen molar-refractivity contribution < 1.29 is 9.53 Å². The lowest BCUT2D eigenvalue weighted by molar-refractivity contribution is 0.0904. The average Bonchev–Trinajstić information content (AvgIpc) is 3.31. The lowest BCUT2D eigenvalue weighted by Gasteiger charge is -2.34. The first-order valence-corrected chi connectivity index (χ1v) is 12.4. The van der Waals surface area contributed by atoms with E-state index in [4.69, 9.17) is 15.5 Å². The molecular formula is C25H33N9O2. The lowest BCUT2D eigenvalue weighted by atomic mass is 10.1. The van der Waals surface area contributed by atoms with Crippen LogP contribution in [0.2, 0.25) is 0 Å². The summed E-state index contributed by atoms with van der Waals surface area (Å²) >= 11 is 0. The molecule has 2 aliphatic rings. The third-order valence-corrected chi connectivity index (χ3v) is 6.64. The number of carbonyl (C=O) groups excluding carboxylic acids is 1. The van der Waals surface area contributed by atoms with Crippen LogP contribution in [0.15, 0.2) is 30.3 Å². The number of primary amides is 1. The molecule has 2 aliphatic heterocycles. The molecular weight excluding hydrogens is 458 g/mol. The molecule has 0 spiro atoms. The number of hydrogen-bond acceptors (Lipinski definition) is 9.